The summed E-state index contributed by atoms with van der Waals surface area (Å²) in [4.78, 5) is 0. The Balaban J connectivity index is 3.21. The fourth-order valence-corrected chi connectivity index (χ4v) is 1.14. The zero-order chi connectivity index (χ0) is 8.97. The van der Waals surface area contributed by atoms with E-state index in [1.165, 1.54) is 0 Å². The monoisotopic (exact) mass is 157 g/mol. The lowest BCUT2D eigenvalue weighted by Crippen LogP contribution is -1.87. The summed E-state index contributed by atoms with van der Waals surface area (Å²) in [6.45, 7) is 5.72. The number of rotatable bonds is 2. The van der Waals surface area contributed by atoms with Crippen LogP contribution >= 0.6 is 0 Å². The highest BCUT2D eigenvalue weighted by Crippen LogP contribution is 2.12. The molecule has 0 amide bonds. The Morgan fingerprint density at radius 1 is 1.58 bits per heavy atom. The van der Waals surface area contributed by atoms with Gasteiger partial charge in [0.15, 0.2) is 0 Å². The summed E-state index contributed by atoms with van der Waals surface area (Å²) in [5.74, 6) is 0. The Labute approximate surface area is 73.0 Å². The minimum absolute atomic E-state index is 0.767. The zero-order valence-electron chi connectivity index (χ0n) is 7.17. The molecule has 0 aliphatic rings. The normalized spacial score (nSPS) is 9.00. The van der Waals surface area contributed by atoms with Gasteiger partial charge in [-0.1, -0.05) is 31.7 Å². The van der Waals surface area contributed by atoms with E-state index in [0.717, 1.165) is 23.1 Å². The van der Waals surface area contributed by atoms with Gasteiger partial charge in [0.2, 0.25) is 0 Å². The summed E-state index contributed by atoms with van der Waals surface area (Å²) < 4.78 is 0. The van der Waals surface area contributed by atoms with Crippen molar-refractivity contribution in [1.29, 1.82) is 5.26 Å². The third-order valence-electron chi connectivity index (χ3n) is 1.87. The molecule has 12 heavy (non-hydrogen) atoms. The minimum Gasteiger partial charge on any atom is -0.192 e. The summed E-state index contributed by atoms with van der Waals surface area (Å²) in [7, 11) is 0. The van der Waals surface area contributed by atoms with Crippen molar-refractivity contribution in [2.45, 2.75) is 13.3 Å². The van der Waals surface area contributed by atoms with E-state index in [1.54, 1.807) is 6.08 Å². The van der Waals surface area contributed by atoms with Crippen molar-refractivity contribution in [3.63, 3.8) is 0 Å². The summed E-state index contributed by atoms with van der Waals surface area (Å²) in [6, 6.07) is 7.92. The van der Waals surface area contributed by atoms with Crippen LogP contribution in [0.2, 0.25) is 0 Å². The van der Waals surface area contributed by atoms with Gasteiger partial charge in [0.05, 0.1) is 11.6 Å². The first-order valence-electron chi connectivity index (χ1n) is 3.97. The zero-order valence-corrected chi connectivity index (χ0v) is 7.17. The average molecular weight is 157 g/mol. The van der Waals surface area contributed by atoms with E-state index < -0.39 is 0 Å². The van der Waals surface area contributed by atoms with Gasteiger partial charge in [0.25, 0.3) is 0 Å². The molecular weight excluding hydrogens is 146 g/mol. The molecule has 0 aliphatic carbocycles. The van der Waals surface area contributed by atoms with Gasteiger partial charge in [-0.3, -0.25) is 0 Å². The van der Waals surface area contributed by atoms with Crippen LogP contribution in [0.25, 0.3) is 6.08 Å². The summed E-state index contributed by atoms with van der Waals surface area (Å²) in [6.07, 6.45) is 2.69. The van der Waals surface area contributed by atoms with Crippen molar-refractivity contribution in [2.24, 2.45) is 0 Å². The van der Waals surface area contributed by atoms with Gasteiger partial charge in [-0.25, -0.2) is 0 Å². The largest absolute Gasteiger partial charge is 0.192 e. The molecular formula is C11H11N. The van der Waals surface area contributed by atoms with E-state index in [4.69, 9.17) is 5.26 Å². The Hall–Kier alpha value is -1.55. The van der Waals surface area contributed by atoms with E-state index in [2.05, 4.69) is 12.6 Å². The number of nitriles is 1. The lowest BCUT2D eigenvalue weighted by molar-refractivity contribution is 1.13. The predicted molar refractivity (Wildman–Crippen MR) is 50.6 cm³/mol. The lowest BCUT2D eigenvalue weighted by atomic mass is 10.0. The number of nitrogens with zero attached hydrogens (tertiary/aromatic N) is 1. The molecule has 0 unspecified atom stereocenters. The second kappa shape index (κ2) is 3.73. The summed E-state index contributed by atoms with van der Waals surface area (Å²) >= 11 is 0. The molecule has 60 valence electrons. The number of hydrogen-bond acceptors (Lipinski definition) is 1. The second-order valence-electron chi connectivity index (χ2n) is 2.59. The van der Waals surface area contributed by atoms with E-state index in [0.29, 0.717) is 0 Å². The molecule has 0 fully saturated rings. The highest BCUT2D eigenvalue weighted by molar-refractivity contribution is 5.52. The molecule has 0 radical (unpaired) electrons. The first-order chi connectivity index (χ1) is 5.81. The number of aryl methyl sites for hydroxylation is 1. The molecule has 1 heteroatoms. The van der Waals surface area contributed by atoms with Crippen LogP contribution in [0.5, 0.6) is 0 Å². The predicted octanol–water partition coefficient (Wildman–Crippen LogP) is 2.76. The Morgan fingerprint density at radius 2 is 2.33 bits per heavy atom. The molecule has 0 bridgehead atoms. The quantitative estimate of drug-likeness (QED) is 0.647. The molecule has 1 nitrogen and oxygen atoms in total. The SMILES string of the molecule is C=Cc1ccc(C#N)c(CC)c1. The van der Waals surface area contributed by atoms with Gasteiger partial charge in [-0.05, 0) is 23.6 Å². The smallest absolute Gasteiger partial charge is 0.0994 e. The molecule has 0 heterocycles. The second-order valence-corrected chi connectivity index (χ2v) is 2.59. The van der Waals surface area contributed by atoms with Crippen LogP contribution in [0.3, 0.4) is 0 Å². The van der Waals surface area contributed by atoms with Crippen molar-refractivity contribution in [3.05, 3.63) is 41.5 Å². The molecule has 0 saturated carbocycles. The van der Waals surface area contributed by atoms with E-state index >= 15 is 0 Å². The molecule has 1 rings (SSSR count). The molecule has 1 aromatic carbocycles. The highest BCUT2D eigenvalue weighted by atomic mass is 14.2. The Kier molecular flexibility index (Phi) is 2.66. The fraction of sp³-hybridized carbons (Fsp3) is 0.182. The van der Waals surface area contributed by atoms with Crippen LogP contribution in [-0.2, 0) is 6.42 Å². The van der Waals surface area contributed by atoms with Crippen molar-refractivity contribution >= 4 is 6.08 Å². The first-order valence-corrected chi connectivity index (χ1v) is 3.97. The van der Waals surface area contributed by atoms with Gasteiger partial charge >= 0.3 is 0 Å². The molecule has 0 atom stereocenters. The third-order valence-corrected chi connectivity index (χ3v) is 1.87. The van der Waals surface area contributed by atoms with Crippen molar-refractivity contribution in [3.8, 4) is 6.07 Å². The van der Waals surface area contributed by atoms with Gasteiger partial charge < -0.3 is 0 Å². The maximum Gasteiger partial charge on any atom is 0.0994 e. The maximum absolute atomic E-state index is 8.74. The maximum atomic E-state index is 8.74. The van der Waals surface area contributed by atoms with Crippen molar-refractivity contribution in [2.75, 3.05) is 0 Å². The Bertz CT molecular complexity index is 331. The van der Waals surface area contributed by atoms with Gasteiger partial charge in [0.1, 0.15) is 0 Å². The van der Waals surface area contributed by atoms with Crippen LogP contribution in [-0.4, -0.2) is 0 Å². The summed E-state index contributed by atoms with van der Waals surface area (Å²) in [5, 5.41) is 8.74. The van der Waals surface area contributed by atoms with E-state index in [9.17, 15) is 0 Å². The van der Waals surface area contributed by atoms with E-state index in [1.807, 2.05) is 25.1 Å². The standard InChI is InChI=1S/C11H11N/c1-3-9-5-6-11(8-12)10(4-2)7-9/h3,5-7H,1,4H2,2H3. The third kappa shape index (κ3) is 1.54. The van der Waals surface area contributed by atoms with Gasteiger partial charge in [-0.2, -0.15) is 5.26 Å². The van der Waals surface area contributed by atoms with Crippen LogP contribution in [0, 0.1) is 11.3 Å². The average Bonchev–Trinajstić information content (AvgIpc) is 2.16. The summed E-state index contributed by atoms with van der Waals surface area (Å²) in [5.41, 5.74) is 2.93. The fourth-order valence-electron chi connectivity index (χ4n) is 1.14. The molecule has 0 saturated heterocycles. The topological polar surface area (TPSA) is 23.8 Å². The number of benzene rings is 1. The first kappa shape index (κ1) is 8.55. The van der Waals surface area contributed by atoms with Gasteiger partial charge in [0, 0.05) is 0 Å². The van der Waals surface area contributed by atoms with Crippen LogP contribution < -0.4 is 0 Å². The van der Waals surface area contributed by atoms with Crippen LogP contribution in [0.1, 0.15) is 23.6 Å². The molecule has 1 aromatic rings. The molecule has 0 aliphatic heterocycles. The van der Waals surface area contributed by atoms with Gasteiger partial charge in [-0.15, -0.1) is 0 Å². The van der Waals surface area contributed by atoms with Crippen molar-refractivity contribution < 1.29 is 0 Å². The Morgan fingerprint density at radius 3 is 2.83 bits per heavy atom. The van der Waals surface area contributed by atoms with Crippen molar-refractivity contribution in [1.82, 2.24) is 0 Å². The lowest BCUT2D eigenvalue weighted by Gasteiger charge is -2.00. The molecule has 0 aromatic heterocycles. The van der Waals surface area contributed by atoms with E-state index in [-0.39, 0.29) is 0 Å². The highest BCUT2D eigenvalue weighted by Gasteiger charge is 1.98. The molecule has 0 N–H and O–H groups in total. The molecule has 0 spiro atoms. The van der Waals surface area contributed by atoms with Crippen LogP contribution in [0.15, 0.2) is 24.8 Å². The number of hydrogen-bond donors (Lipinski definition) is 0. The van der Waals surface area contributed by atoms with Crippen LogP contribution in [0.4, 0.5) is 0 Å². The minimum atomic E-state index is 0.767.